The van der Waals surface area contributed by atoms with Gasteiger partial charge in [0.2, 0.25) is 0 Å². The van der Waals surface area contributed by atoms with Crippen molar-refractivity contribution in [3.05, 3.63) is 83.9 Å². The number of para-hydroxylation sites is 1. The largest absolute Gasteiger partial charge is 0.354 e. The van der Waals surface area contributed by atoms with Gasteiger partial charge in [-0.2, -0.15) is 5.26 Å². The molecule has 2 heteroatoms. The van der Waals surface area contributed by atoms with Crippen LogP contribution in [0.4, 0.5) is 11.4 Å². The maximum absolute atomic E-state index is 9.64. The Bertz CT molecular complexity index is 830. The van der Waals surface area contributed by atoms with Crippen molar-refractivity contribution in [3.63, 3.8) is 0 Å². The lowest BCUT2D eigenvalue weighted by molar-refractivity contribution is 1.42. The van der Waals surface area contributed by atoms with Crippen LogP contribution in [0.15, 0.2) is 72.8 Å². The molecule has 0 bridgehead atoms. The molecule has 106 valence electrons. The minimum atomic E-state index is 0.667. The molecule has 0 unspecified atom stereocenters. The predicted molar refractivity (Wildman–Crippen MR) is 91.1 cm³/mol. The van der Waals surface area contributed by atoms with Crippen LogP contribution in [0.2, 0.25) is 0 Å². The summed E-state index contributed by atoms with van der Waals surface area (Å²) in [6.07, 6.45) is 0. The standard InChI is InChI=1S/C20H16N2/c1-15-8-5-6-11-17(15)18-12-7-13-20(19(18)14-21)22-16-9-3-2-4-10-16/h2-13,22H,1H3. The van der Waals surface area contributed by atoms with Crippen molar-refractivity contribution in [1.29, 1.82) is 5.26 Å². The fourth-order valence-corrected chi connectivity index (χ4v) is 2.55. The molecule has 0 saturated carbocycles. The van der Waals surface area contributed by atoms with E-state index in [0.717, 1.165) is 28.1 Å². The molecule has 0 saturated heterocycles. The van der Waals surface area contributed by atoms with Crippen LogP contribution in [0.3, 0.4) is 0 Å². The summed E-state index contributed by atoms with van der Waals surface area (Å²) in [6.45, 7) is 2.06. The van der Waals surface area contributed by atoms with Gasteiger partial charge in [-0.25, -0.2) is 0 Å². The summed E-state index contributed by atoms with van der Waals surface area (Å²) in [7, 11) is 0. The lowest BCUT2D eigenvalue weighted by atomic mass is 9.95. The molecule has 0 heterocycles. The highest BCUT2D eigenvalue weighted by molar-refractivity contribution is 5.81. The molecule has 3 rings (SSSR count). The summed E-state index contributed by atoms with van der Waals surface area (Å²) < 4.78 is 0. The van der Waals surface area contributed by atoms with Gasteiger partial charge in [-0.3, -0.25) is 0 Å². The third-order valence-electron chi connectivity index (χ3n) is 3.66. The van der Waals surface area contributed by atoms with E-state index in [2.05, 4.69) is 30.4 Å². The SMILES string of the molecule is Cc1ccccc1-c1cccc(Nc2ccccc2)c1C#N. The summed E-state index contributed by atoms with van der Waals surface area (Å²) in [6, 6.07) is 26.3. The number of benzene rings is 3. The van der Waals surface area contributed by atoms with Gasteiger partial charge in [0, 0.05) is 11.3 Å². The fraction of sp³-hybridized carbons (Fsp3) is 0.0500. The summed E-state index contributed by atoms with van der Waals surface area (Å²) in [5.41, 5.74) is 5.68. The summed E-state index contributed by atoms with van der Waals surface area (Å²) in [5.74, 6) is 0. The maximum Gasteiger partial charge on any atom is 0.102 e. The van der Waals surface area contributed by atoms with Crippen molar-refractivity contribution in [3.8, 4) is 17.2 Å². The number of hydrogen-bond donors (Lipinski definition) is 1. The zero-order valence-electron chi connectivity index (χ0n) is 12.4. The molecule has 0 aliphatic heterocycles. The molecule has 0 spiro atoms. The van der Waals surface area contributed by atoms with Crippen LogP contribution in [0.1, 0.15) is 11.1 Å². The van der Waals surface area contributed by atoms with E-state index in [-0.39, 0.29) is 0 Å². The van der Waals surface area contributed by atoms with Crippen molar-refractivity contribution < 1.29 is 0 Å². The van der Waals surface area contributed by atoms with Crippen LogP contribution in [0.5, 0.6) is 0 Å². The number of nitrogens with one attached hydrogen (secondary N) is 1. The molecular formula is C20H16N2. The first kappa shape index (κ1) is 13.9. The minimum absolute atomic E-state index is 0.667. The summed E-state index contributed by atoms with van der Waals surface area (Å²) in [5, 5.41) is 13.0. The quantitative estimate of drug-likeness (QED) is 0.710. The molecule has 22 heavy (non-hydrogen) atoms. The number of rotatable bonds is 3. The Morgan fingerprint density at radius 3 is 2.18 bits per heavy atom. The molecule has 0 atom stereocenters. The zero-order valence-corrected chi connectivity index (χ0v) is 12.4. The Labute approximate surface area is 130 Å². The second kappa shape index (κ2) is 6.15. The Kier molecular flexibility index (Phi) is 3.89. The molecule has 3 aromatic rings. The van der Waals surface area contributed by atoms with E-state index >= 15 is 0 Å². The van der Waals surface area contributed by atoms with Gasteiger partial charge in [0.25, 0.3) is 0 Å². The van der Waals surface area contributed by atoms with Gasteiger partial charge in [-0.05, 0) is 36.2 Å². The molecule has 0 amide bonds. The third-order valence-corrected chi connectivity index (χ3v) is 3.66. The van der Waals surface area contributed by atoms with Gasteiger partial charge in [-0.15, -0.1) is 0 Å². The van der Waals surface area contributed by atoms with Gasteiger partial charge in [0.15, 0.2) is 0 Å². The smallest absolute Gasteiger partial charge is 0.102 e. The Hall–Kier alpha value is -3.05. The van der Waals surface area contributed by atoms with Crippen LogP contribution in [0.25, 0.3) is 11.1 Å². The van der Waals surface area contributed by atoms with E-state index in [0.29, 0.717) is 5.56 Å². The summed E-state index contributed by atoms with van der Waals surface area (Å²) >= 11 is 0. The molecular weight excluding hydrogens is 268 g/mol. The van der Waals surface area contributed by atoms with Crippen LogP contribution in [-0.4, -0.2) is 0 Å². The Balaban J connectivity index is 2.09. The third kappa shape index (κ3) is 2.70. The van der Waals surface area contributed by atoms with Gasteiger partial charge in [0.05, 0.1) is 11.3 Å². The van der Waals surface area contributed by atoms with Gasteiger partial charge < -0.3 is 5.32 Å². The van der Waals surface area contributed by atoms with E-state index < -0.39 is 0 Å². The average Bonchev–Trinajstić information content (AvgIpc) is 2.56. The Morgan fingerprint density at radius 2 is 1.45 bits per heavy atom. The highest BCUT2D eigenvalue weighted by Gasteiger charge is 2.11. The first-order valence-corrected chi connectivity index (χ1v) is 7.21. The second-order valence-corrected chi connectivity index (χ2v) is 5.15. The van der Waals surface area contributed by atoms with Gasteiger partial charge in [-0.1, -0.05) is 54.6 Å². The number of anilines is 2. The highest BCUT2D eigenvalue weighted by Crippen LogP contribution is 2.32. The summed E-state index contributed by atoms with van der Waals surface area (Å²) in [4.78, 5) is 0. The van der Waals surface area contributed by atoms with E-state index in [1.807, 2.05) is 60.7 Å². The minimum Gasteiger partial charge on any atom is -0.354 e. The second-order valence-electron chi connectivity index (χ2n) is 5.15. The monoisotopic (exact) mass is 284 g/mol. The van der Waals surface area contributed by atoms with Crippen LogP contribution in [-0.2, 0) is 0 Å². The molecule has 0 radical (unpaired) electrons. The first-order valence-electron chi connectivity index (χ1n) is 7.21. The molecule has 0 fully saturated rings. The van der Waals surface area contributed by atoms with E-state index in [1.165, 1.54) is 0 Å². The van der Waals surface area contributed by atoms with Gasteiger partial charge in [0.1, 0.15) is 6.07 Å². The maximum atomic E-state index is 9.64. The highest BCUT2D eigenvalue weighted by atomic mass is 14.9. The van der Waals surface area contributed by atoms with Gasteiger partial charge >= 0.3 is 0 Å². The van der Waals surface area contributed by atoms with E-state index in [1.54, 1.807) is 0 Å². The molecule has 3 aromatic carbocycles. The molecule has 2 nitrogen and oxygen atoms in total. The fourth-order valence-electron chi connectivity index (χ4n) is 2.55. The zero-order chi connectivity index (χ0) is 15.4. The number of nitrogens with zero attached hydrogens (tertiary/aromatic N) is 1. The van der Waals surface area contributed by atoms with Crippen molar-refractivity contribution in [1.82, 2.24) is 0 Å². The van der Waals surface area contributed by atoms with Crippen molar-refractivity contribution in [2.45, 2.75) is 6.92 Å². The Morgan fingerprint density at radius 1 is 0.773 bits per heavy atom. The van der Waals surface area contributed by atoms with Crippen molar-refractivity contribution >= 4 is 11.4 Å². The van der Waals surface area contributed by atoms with E-state index in [4.69, 9.17) is 0 Å². The van der Waals surface area contributed by atoms with Crippen molar-refractivity contribution in [2.24, 2.45) is 0 Å². The van der Waals surface area contributed by atoms with Crippen LogP contribution in [0, 0.1) is 18.3 Å². The molecule has 0 aromatic heterocycles. The number of nitriles is 1. The topological polar surface area (TPSA) is 35.8 Å². The number of aryl methyl sites for hydroxylation is 1. The average molecular weight is 284 g/mol. The van der Waals surface area contributed by atoms with E-state index in [9.17, 15) is 5.26 Å². The molecule has 0 aliphatic carbocycles. The lowest BCUT2D eigenvalue weighted by Crippen LogP contribution is -1.96. The normalized spacial score (nSPS) is 10.0. The predicted octanol–water partition coefficient (Wildman–Crippen LogP) is 5.28. The first-order chi connectivity index (χ1) is 10.8. The van der Waals surface area contributed by atoms with Crippen molar-refractivity contribution in [2.75, 3.05) is 5.32 Å². The number of hydrogen-bond acceptors (Lipinski definition) is 2. The van der Waals surface area contributed by atoms with Crippen LogP contribution >= 0.6 is 0 Å². The lowest BCUT2D eigenvalue weighted by Gasteiger charge is -2.13. The molecule has 0 aliphatic rings. The van der Waals surface area contributed by atoms with Crippen LogP contribution < -0.4 is 5.32 Å². The molecule has 1 N–H and O–H groups in total.